The minimum absolute atomic E-state index is 0.0150. The molecule has 3 N–H and O–H groups in total. The standard InChI is InChI=1S/C25H28FN9O/c1-14-8-21(31-22-9-15(2)33-34-22)32-24(29-14)17-4-5-18(10-17)25(36)30-16(3)19-6-7-23(27-11-19)35-13-20(26)12-28-35/h6-9,11-13,16-18H,4-5,10H2,1-3H3,(H,30,36)(H2,29,31,32,33,34)/t16-,17+,18+/m0/s1. The molecule has 3 atom stereocenters. The monoisotopic (exact) mass is 489 g/mol. The number of amides is 1. The van der Waals surface area contributed by atoms with Crippen molar-refractivity contribution in [3.63, 3.8) is 0 Å². The Hall–Kier alpha value is -4.15. The maximum absolute atomic E-state index is 13.2. The first-order chi connectivity index (χ1) is 17.3. The second kappa shape index (κ2) is 9.84. The number of H-pyrrole nitrogens is 1. The van der Waals surface area contributed by atoms with Crippen LogP contribution in [0, 0.1) is 25.6 Å². The summed E-state index contributed by atoms with van der Waals surface area (Å²) in [6, 6.07) is 7.20. The van der Waals surface area contributed by atoms with Crippen molar-refractivity contribution in [1.29, 1.82) is 0 Å². The first-order valence-corrected chi connectivity index (χ1v) is 12.0. The van der Waals surface area contributed by atoms with Gasteiger partial charge >= 0.3 is 0 Å². The lowest BCUT2D eigenvalue weighted by atomic mass is 10.0. The second-order valence-electron chi connectivity index (χ2n) is 9.30. The molecule has 186 valence electrons. The normalized spacial score (nSPS) is 18.2. The molecule has 10 nitrogen and oxygen atoms in total. The zero-order chi connectivity index (χ0) is 25.2. The van der Waals surface area contributed by atoms with E-state index in [9.17, 15) is 9.18 Å². The number of halogens is 1. The zero-order valence-corrected chi connectivity index (χ0v) is 20.4. The average Bonchev–Trinajstić information content (AvgIpc) is 3.60. The van der Waals surface area contributed by atoms with E-state index in [1.165, 1.54) is 10.9 Å². The highest BCUT2D eigenvalue weighted by Crippen LogP contribution is 2.37. The minimum Gasteiger partial charge on any atom is -0.349 e. The van der Waals surface area contributed by atoms with E-state index >= 15 is 0 Å². The molecule has 1 aliphatic carbocycles. The number of hydrogen-bond donors (Lipinski definition) is 3. The predicted octanol–water partition coefficient (Wildman–Crippen LogP) is 4.04. The van der Waals surface area contributed by atoms with Crippen molar-refractivity contribution in [2.24, 2.45) is 5.92 Å². The highest BCUT2D eigenvalue weighted by Gasteiger charge is 2.33. The van der Waals surface area contributed by atoms with E-state index in [0.717, 1.165) is 41.8 Å². The molecular formula is C25H28FN9O. The minimum atomic E-state index is -0.423. The molecule has 0 aromatic carbocycles. The van der Waals surface area contributed by atoms with E-state index in [4.69, 9.17) is 4.98 Å². The molecule has 0 aliphatic heterocycles. The zero-order valence-electron chi connectivity index (χ0n) is 20.4. The van der Waals surface area contributed by atoms with Gasteiger partial charge in [0.05, 0.1) is 18.4 Å². The van der Waals surface area contributed by atoms with Crippen LogP contribution < -0.4 is 10.6 Å². The van der Waals surface area contributed by atoms with E-state index in [-0.39, 0.29) is 23.8 Å². The van der Waals surface area contributed by atoms with Gasteiger partial charge in [0, 0.05) is 41.6 Å². The molecule has 0 unspecified atom stereocenters. The van der Waals surface area contributed by atoms with E-state index in [2.05, 4.69) is 35.9 Å². The summed E-state index contributed by atoms with van der Waals surface area (Å²) in [5.41, 5.74) is 2.69. The van der Waals surface area contributed by atoms with Gasteiger partial charge in [-0.05, 0) is 51.7 Å². The van der Waals surface area contributed by atoms with Crippen molar-refractivity contribution in [3.8, 4) is 5.82 Å². The van der Waals surface area contributed by atoms with Crippen molar-refractivity contribution >= 4 is 17.5 Å². The van der Waals surface area contributed by atoms with Gasteiger partial charge in [-0.3, -0.25) is 9.89 Å². The molecule has 36 heavy (non-hydrogen) atoms. The van der Waals surface area contributed by atoms with Crippen LogP contribution in [0.1, 0.15) is 60.9 Å². The van der Waals surface area contributed by atoms with Gasteiger partial charge in [-0.1, -0.05) is 6.07 Å². The Bertz CT molecular complexity index is 1360. The van der Waals surface area contributed by atoms with Crippen LogP contribution in [0.15, 0.2) is 42.9 Å². The van der Waals surface area contributed by atoms with Crippen molar-refractivity contribution < 1.29 is 9.18 Å². The summed E-state index contributed by atoms with van der Waals surface area (Å²) in [7, 11) is 0. The summed E-state index contributed by atoms with van der Waals surface area (Å²) >= 11 is 0. The van der Waals surface area contributed by atoms with Crippen LogP contribution in [0.5, 0.6) is 0 Å². The van der Waals surface area contributed by atoms with Crippen LogP contribution in [-0.2, 0) is 4.79 Å². The van der Waals surface area contributed by atoms with Crippen molar-refractivity contribution in [1.82, 2.24) is 40.2 Å². The quantitative estimate of drug-likeness (QED) is 0.358. The van der Waals surface area contributed by atoms with Crippen LogP contribution in [-0.4, -0.2) is 40.8 Å². The fourth-order valence-electron chi connectivity index (χ4n) is 4.54. The van der Waals surface area contributed by atoms with E-state index in [1.807, 2.05) is 39.0 Å². The third-order valence-electron chi connectivity index (χ3n) is 6.42. The summed E-state index contributed by atoms with van der Waals surface area (Å²) < 4.78 is 14.6. The Morgan fingerprint density at radius 3 is 2.72 bits per heavy atom. The maximum atomic E-state index is 13.2. The van der Waals surface area contributed by atoms with Gasteiger partial charge in [-0.15, -0.1) is 0 Å². The van der Waals surface area contributed by atoms with Crippen LogP contribution in [0.2, 0.25) is 0 Å². The number of nitrogens with one attached hydrogen (secondary N) is 3. The molecule has 1 fully saturated rings. The Morgan fingerprint density at radius 2 is 2.03 bits per heavy atom. The molecule has 4 aromatic rings. The SMILES string of the molecule is Cc1cc(Nc2cc(C)[nH]n2)nc([C@@H]2CC[C@@H](C(=O)N[C@@H](C)c3ccc(-n4cc(F)cn4)nc3)C2)n1. The number of rotatable bonds is 7. The molecule has 0 saturated heterocycles. The number of nitrogens with zero attached hydrogens (tertiary/aromatic N) is 6. The van der Waals surface area contributed by atoms with Gasteiger partial charge in [0.25, 0.3) is 0 Å². The fraction of sp³-hybridized carbons (Fsp3) is 0.360. The van der Waals surface area contributed by atoms with Gasteiger partial charge in [-0.2, -0.15) is 10.2 Å². The molecule has 11 heteroatoms. The molecular weight excluding hydrogens is 461 g/mol. The molecule has 1 aliphatic rings. The number of aromatic nitrogens is 7. The third kappa shape index (κ3) is 5.24. The first kappa shape index (κ1) is 23.6. The highest BCUT2D eigenvalue weighted by atomic mass is 19.1. The molecule has 5 rings (SSSR count). The number of aromatic amines is 1. The summed E-state index contributed by atoms with van der Waals surface area (Å²) in [4.78, 5) is 26.7. The number of pyridine rings is 1. The molecule has 0 spiro atoms. The number of anilines is 2. The van der Waals surface area contributed by atoms with Gasteiger partial charge < -0.3 is 10.6 Å². The maximum Gasteiger partial charge on any atom is 0.223 e. The molecule has 1 saturated carbocycles. The van der Waals surface area contributed by atoms with Gasteiger partial charge in [0.2, 0.25) is 5.91 Å². The fourth-order valence-corrected chi connectivity index (χ4v) is 4.54. The Kier molecular flexibility index (Phi) is 6.45. The van der Waals surface area contributed by atoms with Crippen molar-refractivity contribution in [3.05, 3.63) is 71.4 Å². The van der Waals surface area contributed by atoms with Crippen LogP contribution >= 0.6 is 0 Å². The van der Waals surface area contributed by atoms with Gasteiger partial charge in [0.15, 0.2) is 17.5 Å². The average molecular weight is 490 g/mol. The lowest BCUT2D eigenvalue weighted by molar-refractivity contribution is -0.125. The number of carbonyl (C=O) groups excluding carboxylic acids is 1. The summed E-state index contributed by atoms with van der Waals surface area (Å²) in [6.45, 7) is 5.80. The summed E-state index contributed by atoms with van der Waals surface area (Å²) in [5.74, 6) is 2.26. The molecule has 1 amide bonds. The topological polar surface area (TPSA) is 126 Å². The van der Waals surface area contributed by atoms with Crippen LogP contribution in [0.3, 0.4) is 0 Å². The van der Waals surface area contributed by atoms with E-state index < -0.39 is 5.82 Å². The Labute approximate surface area is 207 Å². The number of hydrogen-bond acceptors (Lipinski definition) is 7. The Morgan fingerprint density at radius 1 is 1.17 bits per heavy atom. The van der Waals surface area contributed by atoms with Crippen LogP contribution in [0.25, 0.3) is 5.82 Å². The second-order valence-corrected chi connectivity index (χ2v) is 9.30. The number of aryl methyl sites for hydroxylation is 2. The Balaban J connectivity index is 1.20. The number of carbonyl (C=O) groups is 1. The van der Waals surface area contributed by atoms with E-state index in [0.29, 0.717) is 23.9 Å². The molecule has 0 bridgehead atoms. The molecule has 4 aromatic heterocycles. The van der Waals surface area contributed by atoms with Gasteiger partial charge in [-0.25, -0.2) is 24.0 Å². The first-order valence-electron chi connectivity index (χ1n) is 12.0. The lowest BCUT2D eigenvalue weighted by Gasteiger charge is -2.18. The summed E-state index contributed by atoms with van der Waals surface area (Å²) in [6.07, 6.45) is 6.40. The molecule has 0 radical (unpaired) electrons. The van der Waals surface area contributed by atoms with E-state index in [1.54, 1.807) is 12.3 Å². The summed E-state index contributed by atoms with van der Waals surface area (Å²) in [5, 5.41) is 17.4. The predicted molar refractivity (Wildman–Crippen MR) is 131 cm³/mol. The van der Waals surface area contributed by atoms with Gasteiger partial charge in [0.1, 0.15) is 11.6 Å². The highest BCUT2D eigenvalue weighted by molar-refractivity contribution is 5.79. The smallest absolute Gasteiger partial charge is 0.223 e. The third-order valence-corrected chi connectivity index (χ3v) is 6.42. The molecule has 4 heterocycles. The lowest BCUT2D eigenvalue weighted by Crippen LogP contribution is -2.31. The van der Waals surface area contributed by atoms with Crippen LogP contribution in [0.4, 0.5) is 16.0 Å². The van der Waals surface area contributed by atoms with Crippen molar-refractivity contribution in [2.45, 2.75) is 52.0 Å². The van der Waals surface area contributed by atoms with Crippen molar-refractivity contribution in [2.75, 3.05) is 5.32 Å². The largest absolute Gasteiger partial charge is 0.349 e.